The quantitative estimate of drug-likeness (QED) is 0.795. The Balaban J connectivity index is 1.77. The van der Waals surface area contributed by atoms with E-state index in [0.717, 1.165) is 37.8 Å². The van der Waals surface area contributed by atoms with Crippen molar-refractivity contribution >= 4 is 5.91 Å². The fourth-order valence-corrected chi connectivity index (χ4v) is 3.47. The van der Waals surface area contributed by atoms with Crippen molar-refractivity contribution in [2.24, 2.45) is 5.92 Å². The summed E-state index contributed by atoms with van der Waals surface area (Å²) in [4.78, 5) is 14.6. The molecule has 0 aromatic heterocycles. The van der Waals surface area contributed by atoms with Crippen molar-refractivity contribution in [3.63, 3.8) is 0 Å². The van der Waals surface area contributed by atoms with E-state index < -0.39 is 0 Å². The summed E-state index contributed by atoms with van der Waals surface area (Å²) in [5, 5.41) is 0. The first-order valence-electron chi connectivity index (χ1n) is 7.31. The smallest absolute Gasteiger partial charge is 0.226 e. The zero-order chi connectivity index (χ0) is 13.2. The largest absolute Gasteiger partial charge is 0.335 e. The number of benzene rings is 1. The molecule has 2 aliphatic rings. The van der Waals surface area contributed by atoms with Gasteiger partial charge in [-0.3, -0.25) is 4.79 Å². The predicted molar refractivity (Wildman–Crippen MR) is 72.0 cm³/mol. The summed E-state index contributed by atoms with van der Waals surface area (Å²) in [6.07, 6.45) is 6.53. The van der Waals surface area contributed by atoms with Crippen LogP contribution in [0.5, 0.6) is 0 Å². The molecule has 1 aromatic carbocycles. The third-order valence-electron chi connectivity index (χ3n) is 4.50. The standard InChI is InChI=1S/C16H20FNO/c17-14-9-7-12(8-10-14)15-6-3-11-18(15)16(19)13-4-1-2-5-13/h7-10,13,15H,1-6,11H2. The summed E-state index contributed by atoms with van der Waals surface area (Å²) in [6.45, 7) is 0.859. The van der Waals surface area contributed by atoms with E-state index in [1.54, 1.807) is 0 Å². The van der Waals surface area contributed by atoms with Gasteiger partial charge in [0.1, 0.15) is 5.82 Å². The summed E-state index contributed by atoms with van der Waals surface area (Å²) in [5.74, 6) is 0.348. The molecule has 0 spiro atoms. The molecular weight excluding hydrogens is 241 g/mol. The van der Waals surface area contributed by atoms with E-state index in [1.165, 1.54) is 25.0 Å². The molecule has 0 radical (unpaired) electrons. The van der Waals surface area contributed by atoms with Crippen LogP contribution in [-0.4, -0.2) is 17.4 Å². The summed E-state index contributed by atoms with van der Waals surface area (Å²) in [5.41, 5.74) is 1.07. The number of nitrogens with zero attached hydrogens (tertiary/aromatic N) is 1. The molecule has 1 aromatic rings. The minimum atomic E-state index is -0.213. The Morgan fingerprint density at radius 2 is 1.74 bits per heavy atom. The second-order valence-electron chi connectivity index (χ2n) is 5.72. The fourth-order valence-electron chi connectivity index (χ4n) is 3.47. The molecule has 1 unspecified atom stereocenters. The molecule has 1 aliphatic heterocycles. The highest BCUT2D eigenvalue weighted by Gasteiger charge is 2.34. The van der Waals surface area contributed by atoms with Crippen LogP contribution in [0.1, 0.15) is 50.1 Å². The summed E-state index contributed by atoms with van der Waals surface area (Å²) < 4.78 is 13.0. The molecular formula is C16H20FNO. The van der Waals surface area contributed by atoms with Gasteiger partial charge in [-0.25, -0.2) is 4.39 Å². The van der Waals surface area contributed by atoms with E-state index >= 15 is 0 Å². The minimum Gasteiger partial charge on any atom is -0.335 e. The molecule has 0 bridgehead atoms. The molecule has 3 rings (SSSR count). The maximum Gasteiger partial charge on any atom is 0.226 e. The average Bonchev–Trinajstić information content (AvgIpc) is 3.10. The van der Waals surface area contributed by atoms with Crippen LogP contribution < -0.4 is 0 Å². The van der Waals surface area contributed by atoms with E-state index in [4.69, 9.17) is 0 Å². The monoisotopic (exact) mass is 261 g/mol. The van der Waals surface area contributed by atoms with Crippen molar-refractivity contribution in [3.05, 3.63) is 35.6 Å². The normalized spacial score (nSPS) is 24.1. The number of carbonyl (C=O) groups is 1. The van der Waals surface area contributed by atoms with E-state index in [2.05, 4.69) is 0 Å². The Bertz CT molecular complexity index is 450. The van der Waals surface area contributed by atoms with Gasteiger partial charge in [-0.2, -0.15) is 0 Å². The number of hydrogen-bond acceptors (Lipinski definition) is 1. The van der Waals surface area contributed by atoms with Gasteiger partial charge >= 0.3 is 0 Å². The number of halogens is 1. The molecule has 19 heavy (non-hydrogen) atoms. The van der Waals surface area contributed by atoms with Crippen LogP contribution in [0.15, 0.2) is 24.3 Å². The summed E-state index contributed by atoms with van der Waals surface area (Å²) in [7, 11) is 0. The van der Waals surface area contributed by atoms with Gasteiger partial charge in [0.15, 0.2) is 0 Å². The molecule has 102 valence electrons. The summed E-state index contributed by atoms with van der Waals surface area (Å²) >= 11 is 0. The van der Waals surface area contributed by atoms with Gasteiger partial charge in [0.2, 0.25) is 5.91 Å². The highest BCUT2D eigenvalue weighted by atomic mass is 19.1. The van der Waals surface area contributed by atoms with E-state index in [9.17, 15) is 9.18 Å². The third-order valence-corrected chi connectivity index (χ3v) is 4.50. The second-order valence-corrected chi connectivity index (χ2v) is 5.72. The van der Waals surface area contributed by atoms with Gasteiger partial charge in [-0.1, -0.05) is 25.0 Å². The number of likely N-dealkylation sites (tertiary alicyclic amines) is 1. The Labute approximate surface area is 113 Å². The van der Waals surface area contributed by atoms with Crippen molar-refractivity contribution in [1.29, 1.82) is 0 Å². The van der Waals surface area contributed by atoms with E-state index in [1.807, 2.05) is 17.0 Å². The van der Waals surface area contributed by atoms with Gasteiger partial charge < -0.3 is 4.90 Å². The topological polar surface area (TPSA) is 20.3 Å². The number of carbonyl (C=O) groups excluding carboxylic acids is 1. The second kappa shape index (κ2) is 5.32. The Kier molecular flexibility index (Phi) is 3.54. The highest BCUT2D eigenvalue weighted by molar-refractivity contribution is 5.79. The van der Waals surface area contributed by atoms with Gasteiger partial charge in [-0.05, 0) is 43.4 Å². The van der Waals surface area contributed by atoms with Crippen LogP contribution >= 0.6 is 0 Å². The molecule has 1 amide bonds. The van der Waals surface area contributed by atoms with Crippen LogP contribution in [-0.2, 0) is 4.79 Å². The van der Waals surface area contributed by atoms with Crippen LogP contribution in [0.2, 0.25) is 0 Å². The summed E-state index contributed by atoms with van der Waals surface area (Å²) in [6, 6.07) is 6.78. The zero-order valence-electron chi connectivity index (χ0n) is 11.1. The predicted octanol–water partition coefficient (Wildman–Crippen LogP) is 3.68. The Hall–Kier alpha value is -1.38. The van der Waals surface area contributed by atoms with E-state index in [0.29, 0.717) is 5.91 Å². The number of amides is 1. The molecule has 1 heterocycles. The number of rotatable bonds is 2. The van der Waals surface area contributed by atoms with Crippen molar-refractivity contribution < 1.29 is 9.18 Å². The first kappa shape index (κ1) is 12.6. The zero-order valence-corrected chi connectivity index (χ0v) is 11.1. The molecule has 1 saturated carbocycles. The molecule has 1 saturated heterocycles. The first-order valence-corrected chi connectivity index (χ1v) is 7.31. The molecule has 2 fully saturated rings. The Morgan fingerprint density at radius 3 is 2.42 bits per heavy atom. The molecule has 1 atom stereocenters. The third kappa shape index (κ3) is 2.51. The van der Waals surface area contributed by atoms with E-state index in [-0.39, 0.29) is 17.8 Å². The van der Waals surface area contributed by atoms with Gasteiger partial charge in [0, 0.05) is 12.5 Å². The fraction of sp³-hybridized carbons (Fsp3) is 0.562. The van der Waals surface area contributed by atoms with Crippen molar-refractivity contribution in [2.75, 3.05) is 6.54 Å². The highest BCUT2D eigenvalue weighted by Crippen LogP contribution is 2.36. The molecule has 2 nitrogen and oxygen atoms in total. The maximum absolute atomic E-state index is 13.0. The van der Waals surface area contributed by atoms with Crippen LogP contribution in [0.4, 0.5) is 4.39 Å². The lowest BCUT2D eigenvalue weighted by Gasteiger charge is -2.27. The lowest BCUT2D eigenvalue weighted by atomic mass is 10.0. The van der Waals surface area contributed by atoms with Gasteiger partial charge in [0.05, 0.1) is 6.04 Å². The average molecular weight is 261 g/mol. The first-order chi connectivity index (χ1) is 9.25. The maximum atomic E-state index is 13.0. The SMILES string of the molecule is O=C(C1CCCC1)N1CCCC1c1ccc(F)cc1. The van der Waals surface area contributed by atoms with Gasteiger partial charge in [-0.15, -0.1) is 0 Å². The lowest BCUT2D eigenvalue weighted by molar-refractivity contribution is -0.136. The lowest BCUT2D eigenvalue weighted by Crippen LogP contribution is -2.34. The number of hydrogen-bond donors (Lipinski definition) is 0. The van der Waals surface area contributed by atoms with Crippen LogP contribution in [0, 0.1) is 11.7 Å². The molecule has 0 N–H and O–H groups in total. The Morgan fingerprint density at radius 1 is 1.05 bits per heavy atom. The van der Waals surface area contributed by atoms with Crippen molar-refractivity contribution in [2.45, 2.75) is 44.6 Å². The molecule has 1 aliphatic carbocycles. The molecule has 3 heteroatoms. The van der Waals surface area contributed by atoms with Gasteiger partial charge in [0.25, 0.3) is 0 Å². The van der Waals surface area contributed by atoms with Crippen LogP contribution in [0.3, 0.4) is 0 Å². The van der Waals surface area contributed by atoms with Crippen LogP contribution in [0.25, 0.3) is 0 Å². The minimum absolute atomic E-state index is 0.161. The van der Waals surface area contributed by atoms with Crippen molar-refractivity contribution in [3.8, 4) is 0 Å². The van der Waals surface area contributed by atoms with Crippen molar-refractivity contribution in [1.82, 2.24) is 4.90 Å².